The van der Waals surface area contributed by atoms with Crippen molar-refractivity contribution in [3.8, 4) is 0 Å². The minimum Gasteiger partial charge on any atom is -0.395 e. The molecule has 0 bridgehead atoms. The summed E-state index contributed by atoms with van der Waals surface area (Å²) in [5.41, 5.74) is 0.913. The van der Waals surface area contributed by atoms with Crippen molar-refractivity contribution in [2.45, 2.75) is 30.7 Å². The molecule has 1 aromatic carbocycles. The maximum Gasteiger partial charge on any atom is 0.123 e. The molecule has 112 valence electrons. The molecule has 2 rings (SSSR count). The molecule has 1 heterocycles. The number of halogens is 1. The molecule has 4 N–H and O–H groups in total. The van der Waals surface area contributed by atoms with Crippen molar-refractivity contribution in [1.82, 2.24) is 4.90 Å². The molecule has 1 aliphatic heterocycles. The fourth-order valence-electron chi connectivity index (χ4n) is 2.76. The van der Waals surface area contributed by atoms with Gasteiger partial charge in [-0.3, -0.25) is 4.90 Å². The molecule has 0 amide bonds. The van der Waals surface area contributed by atoms with Crippen LogP contribution in [0, 0.1) is 5.82 Å². The summed E-state index contributed by atoms with van der Waals surface area (Å²) in [6.07, 6.45) is -1.58. The zero-order valence-corrected chi connectivity index (χ0v) is 11.1. The minimum absolute atomic E-state index is 0.294. The van der Waals surface area contributed by atoms with Crippen LogP contribution in [0.3, 0.4) is 0 Å². The maximum absolute atomic E-state index is 12.8. The molecule has 0 radical (unpaired) electrons. The summed E-state index contributed by atoms with van der Waals surface area (Å²) in [5, 5.41) is 38.4. The van der Waals surface area contributed by atoms with E-state index in [0.717, 1.165) is 5.56 Å². The van der Waals surface area contributed by atoms with Crippen LogP contribution >= 0.6 is 0 Å². The lowest BCUT2D eigenvalue weighted by Gasteiger charge is -2.28. The normalized spacial score (nSPS) is 30.9. The zero-order chi connectivity index (χ0) is 14.7. The van der Waals surface area contributed by atoms with Gasteiger partial charge in [0.1, 0.15) is 5.82 Å². The highest BCUT2D eigenvalue weighted by atomic mass is 19.1. The molecule has 1 aliphatic rings. The van der Waals surface area contributed by atoms with Crippen LogP contribution in [-0.2, 0) is 6.42 Å². The van der Waals surface area contributed by atoms with E-state index in [1.165, 1.54) is 12.1 Å². The van der Waals surface area contributed by atoms with Crippen LogP contribution in [0.5, 0.6) is 0 Å². The summed E-state index contributed by atoms with van der Waals surface area (Å²) in [5.74, 6) is -0.303. The Kier molecular flexibility index (Phi) is 5.06. The highest BCUT2D eigenvalue weighted by Crippen LogP contribution is 2.25. The summed E-state index contributed by atoms with van der Waals surface area (Å²) in [6, 6.07) is 4.89. The fraction of sp³-hybridized carbons (Fsp3) is 0.571. The third-order valence-electron chi connectivity index (χ3n) is 3.94. The standard InChI is InChI=1S/C14H20FNO4/c15-10-3-1-9(2-4-10)5-6-16-11(7-17)13(19)14(20)12(16)8-18/h1-4,11-14,17-20H,5-8H2/t11-,12+,13-,14-/m1/s1. The molecule has 0 unspecified atom stereocenters. The van der Waals surface area contributed by atoms with Gasteiger partial charge >= 0.3 is 0 Å². The van der Waals surface area contributed by atoms with Gasteiger partial charge in [-0.15, -0.1) is 0 Å². The largest absolute Gasteiger partial charge is 0.395 e. The topological polar surface area (TPSA) is 84.2 Å². The molecule has 4 atom stereocenters. The van der Waals surface area contributed by atoms with Gasteiger partial charge in [-0.05, 0) is 24.1 Å². The molecule has 6 heteroatoms. The Bertz CT molecular complexity index is 412. The van der Waals surface area contributed by atoms with Crippen LogP contribution in [0.1, 0.15) is 5.56 Å². The molecule has 0 spiro atoms. The number of aliphatic hydroxyl groups is 4. The number of rotatable bonds is 5. The third-order valence-corrected chi connectivity index (χ3v) is 3.94. The van der Waals surface area contributed by atoms with Crippen molar-refractivity contribution in [2.75, 3.05) is 19.8 Å². The Morgan fingerprint density at radius 1 is 0.950 bits per heavy atom. The summed E-state index contributed by atoms with van der Waals surface area (Å²) < 4.78 is 12.8. The molecule has 1 fully saturated rings. The highest BCUT2D eigenvalue weighted by molar-refractivity contribution is 5.16. The maximum atomic E-state index is 12.8. The van der Waals surface area contributed by atoms with Crippen LogP contribution in [0.4, 0.5) is 4.39 Å². The molecule has 0 saturated carbocycles. The Hall–Kier alpha value is -1.05. The van der Waals surface area contributed by atoms with Crippen molar-refractivity contribution in [3.63, 3.8) is 0 Å². The Morgan fingerprint density at radius 2 is 1.45 bits per heavy atom. The first kappa shape index (κ1) is 15.3. The van der Waals surface area contributed by atoms with E-state index < -0.39 is 24.3 Å². The van der Waals surface area contributed by atoms with E-state index >= 15 is 0 Å². The number of hydrogen-bond acceptors (Lipinski definition) is 5. The van der Waals surface area contributed by atoms with Gasteiger partial charge in [0.15, 0.2) is 0 Å². The van der Waals surface area contributed by atoms with Gasteiger partial charge in [0.05, 0.1) is 37.5 Å². The van der Waals surface area contributed by atoms with Crippen molar-refractivity contribution in [3.05, 3.63) is 35.6 Å². The highest BCUT2D eigenvalue weighted by Gasteiger charge is 2.46. The lowest BCUT2D eigenvalue weighted by molar-refractivity contribution is 0.0130. The lowest BCUT2D eigenvalue weighted by Crippen LogP contribution is -2.44. The molecular weight excluding hydrogens is 265 g/mol. The second-order valence-electron chi connectivity index (χ2n) is 5.10. The third kappa shape index (κ3) is 2.99. The van der Waals surface area contributed by atoms with Crippen molar-refractivity contribution in [1.29, 1.82) is 0 Å². The van der Waals surface area contributed by atoms with Crippen molar-refractivity contribution >= 4 is 0 Å². The molecular formula is C14H20FNO4. The number of nitrogens with zero attached hydrogens (tertiary/aromatic N) is 1. The first-order chi connectivity index (χ1) is 9.58. The first-order valence-corrected chi connectivity index (χ1v) is 6.66. The van der Waals surface area contributed by atoms with Crippen molar-refractivity contribution < 1.29 is 24.8 Å². The van der Waals surface area contributed by atoms with E-state index in [4.69, 9.17) is 0 Å². The molecule has 20 heavy (non-hydrogen) atoms. The second-order valence-corrected chi connectivity index (χ2v) is 5.10. The van der Waals surface area contributed by atoms with Crippen LogP contribution in [0.2, 0.25) is 0 Å². The van der Waals surface area contributed by atoms with Crippen molar-refractivity contribution in [2.24, 2.45) is 0 Å². The molecule has 0 aliphatic carbocycles. The van der Waals surface area contributed by atoms with Gasteiger partial charge in [-0.1, -0.05) is 12.1 Å². The Morgan fingerprint density at radius 3 is 1.90 bits per heavy atom. The molecule has 1 saturated heterocycles. The smallest absolute Gasteiger partial charge is 0.123 e. The predicted molar refractivity (Wildman–Crippen MR) is 70.6 cm³/mol. The second kappa shape index (κ2) is 6.60. The number of benzene rings is 1. The number of hydrogen-bond donors (Lipinski definition) is 4. The Balaban J connectivity index is 2.03. The van der Waals surface area contributed by atoms with E-state index in [1.54, 1.807) is 17.0 Å². The monoisotopic (exact) mass is 285 g/mol. The molecule has 0 aromatic heterocycles. The first-order valence-electron chi connectivity index (χ1n) is 6.66. The van der Waals surface area contributed by atoms with E-state index in [1.807, 2.05) is 0 Å². The summed E-state index contributed by atoms with van der Waals surface area (Å²) in [7, 11) is 0. The van der Waals surface area contributed by atoms with Gasteiger partial charge in [0.2, 0.25) is 0 Å². The van der Waals surface area contributed by atoms with Gasteiger partial charge in [0.25, 0.3) is 0 Å². The van der Waals surface area contributed by atoms with Gasteiger partial charge in [-0.2, -0.15) is 0 Å². The fourth-order valence-corrected chi connectivity index (χ4v) is 2.76. The average Bonchev–Trinajstić information content (AvgIpc) is 2.69. The van der Waals surface area contributed by atoms with Crippen LogP contribution in [-0.4, -0.2) is 69.4 Å². The Labute approximate surface area is 116 Å². The van der Waals surface area contributed by atoms with Gasteiger partial charge in [0, 0.05) is 6.54 Å². The molecule has 5 nitrogen and oxygen atoms in total. The summed E-state index contributed by atoms with van der Waals surface area (Å²) >= 11 is 0. The van der Waals surface area contributed by atoms with Crippen LogP contribution in [0.15, 0.2) is 24.3 Å². The van der Waals surface area contributed by atoms with E-state index in [2.05, 4.69) is 0 Å². The summed E-state index contributed by atoms with van der Waals surface area (Å²) in [6.45, 7) is -0.132. The van der Waals surface area contributed by atoms with Crippen LogP contribution < -0.4 is 0 Å². The van der Waals surface area contributed by atoms with Crippen LogP contribution in [0.25, 0.3) is 0 Å². The SMILES string of the molecule is OC[C@@H]1[C@@H](O)[C@H](O)[C@H](CO)N1CCc1ccc(F)cc1. The summed E-state index contributed by atoms with van der Waals surface area (Å²) in [4.78, 5) is 1.71. The van der Waals surface area contributed by atoms with Gasteiger partial charge in [-0.25, -0.2) is 4.39 Å². The predicted octanol–water partition coefficient (Wildman–Crippen LogP) is -0.873. The molecule has 1 aromatic rings. The number of aliphatic hydroxyl groups excluding tert-OH is 4. The minimum atomic E-state index is -1.08. The van der Waals surface area contributed by atoms with E-state index in [-0.39, 0.29) is 19.0 Å². The zero-order valence-electron chi connectivity index (χ0n) is 11.1. The lowest BCUT2D eigenvalue weighted by atomic mass is 10.1. The van der Waals surface area contributed by atoms with Gasteiger partial charge < -0.3 is 20.4 Å². The van der Waals surface area contributed by atoms with E-state index in [9.17, 15) is 24.8 Å². The average molecular weight is 285 g/mol. The van der Waals surface area contributed by atoms with E-state index in [0.29, 0.717) is 13.0 Å². The quantitative estimate of drug-likeness (QED) is 0.565. The number of likely N-dealkylation sites (tertiary alicyclic amines) is 1.